The molecule has 0 N–H and O–H groups in total. The summed E-state index contributed by atoms with van der Waals surface area (Å²) >= 11 is 0. The minimum absolute atomic E-state index is 0.0416. The van der Waals surface area contributed by atoms with E-state index in [2.05, 4.69) is 155 Å². The van der Waals surface area contributed by atoms with Gasteiger partial charge in [0.15, 0.2) is 0 Å². The van der Waals surface area contributed by atoms with Crippen molar-refractivity contribution in [1.29, 1.82) is 0 Å². The first-order valence-electron chi connectivity index (χ1n) is 19.2. The average molecular weight is 657 g/mol. The maximum absolute atomic E-state index is 2.67. The second-order valence-electron chi connectivity index (χ2n) is 15.7. The van der Waals surface area contributed by atoms with Crippen LogP contribution in [0.5, 0.6) is 0 Å². The molecule has 12 rings (SSSR count). The largest absolute Gasteiger partial charge is 0.314 e. The molecule has 1 fully saturated rings. The summed E-state index contributed by atoms with van der Waals surface area (Å²) in [4.78, 5) is 2.67. The fourth-order valence-corrected chi connectivity index (χ4v) is 12.0. The van der Waals surface area contributed by atoms with Crippen molar-refractivity contribution in [2.75, 3.05) is 4.90 Å². The molecule has 2 nitrogen and oxygen atoms in total. The van der Waals surface area contributed by atoms with Crippen LogP contribution in [0.25, 0.3) is 33.1 Å². The molecule has 2 heteroatoms. The van der Waals surface area contributed by atoms with Crippen molar-refractivity contribution in [2.45, 2.75) is 49.9 Å². The average Bonchev–Trinajstić information content (AvgIpc) is 3.89. The van der Waals surface area contributed by atoms with Gasteiger partial charge in [-0.15, -0.1) is 0 Å². The van der Waals surface area contributed by atoms with E-state index in [0.717, 1.165) is 32.1 Å². The molecule has 7 aliphatic rings. The SMILES string of the molecule is C1=C[C@H]2c3cccc4c3C3(C5=C4CCC=C5)C4C(N(c5ccccc5)c5ccc6c7ccccc7n(C7=CCCC=C7)c6c5)=CCCC4C(=C1)C23. The molecule has 1 spiro atoms. The van der Waals surface area contributed by atoms with E-state index in [1.54, 1.807) is 33.4 Å². The molecular formula is C49H40N2. The van der Waals surface area contributed by atoms with Crippen LogP contribution in [-0.2, 0) is 5.41 Å². The summed E-state index contributed by atoms with van der Waals surface area (Å²) in [6.45, 7) is 0. The zero-order valence-electron chi connectivity index (χ0n) is 28.8. The van der Waals surface area contributed by atoms with Crippen molar-refractivity contribution >= 4 is 44.5 Å². The summed E-state index contributed by atoms with van der Waals surface area (Å²) in [6.07, 6.45) is 29.0. The summed E-state index contributed by atoms with van der Waals surface area (Å²) < 4.78 is 2.51. The molecule has 1 heterocycles. The summed E-state index contributed by atoms with van der Waals surface area (Å²) in [5.41, 5.74) is 17.5. The van der Waals surface area contributed by atoms with E-state index in [1.807, 2.05) is 0 Å². The van der Waals surface area contributed by atoms with Crippen molar-refractivity contribution in [3.8, 4) is 0 Å². The molecule has 7 aliphatic carbocycles. The van der Waals surface area contributed by atoms with Crippen molar-refractivity contribution in [3.05, 3.63) is 179 Å². The zero-order chi connectivity index (χ0) is 33.3. The molecule has 4 aromatic carbocycles. The first-order valence-corrected chi connectivity index (χ1v) is 19.2. The zero-order valence-corrected chi connectivity index (χ0v) is 28.8. The highest BCUT2D eigenvalue weighted by Crippen LogP contribution is 2.76. The second-order valence-corrected chi connectivity index (χ2v) is 15.7. The third-order valence-corrected chi connectivity index (χ3v) is 13.5. The molecule has 246 valence electrons. The standard InChI is InChI=1S/C49H40N2/c1-3-14-31(15-4-1)50(33-28-29-36-35-19-8-10-26-43(35)51(45(36)30-33)32-16-5-2-6-17-32)44-27-13-24-41-40-23-12-22-39-38-21-11-20-37-34-18-7-9-25-42(34)49(46(37)38,47(39)40)48(41)44/h1,3-5,8-12,14-17,19-23,25-30,39,41,47-48H,2,6-7,13,18,24H2/t39-,41?,47?,48?,49?/m0/s1. The Bertz CT molecular complexity index is 2560. The molecule has 4 unspecified atom stereocenters. The summed E-state index contributed by atoms with van der Waals surface area (Å²) in [7, 11) is 0. The quantitative estimate of drug-likeness (QED) is 0.187. The van der Waals surface area contributed by atoms with Gasteiger partial charge in [-0.05, 0) is 109 Å². The molecular weight excluding hydrogens is 617 g/mol. The molecule has 0 saturated heterocycles. The highest BCUT2D eigenvalue weighted by Gasteiger charge is 2.70. The highest BCUT2D eigenvalue weighted by molar-refractivity contribution is 6.11. The van der Waals surface area contributed by atoms with E-state index in [1.165, 1.54) is 51.0 Å². The van der Waals surface area contributed by atoms with Crippen LogP contribution in [-0.4, -0.2) is 4.57 Å². The van der Waals surface area contributed by atoms with Gasteiger partial charge in [0.2, 0.25) is 0 Å². The lowest BCUT2D eigenvalue weighted by molar-refractivity contribution is 0.304. The molecule has 0 bridgehead atoms. The van der Waals surface area contributed by atoms with Gasteiger partial charge in [0.05, 0.1) is 11.0 Å². The van der Waals surface area contributed by atoms with Crippen LogP contribution >= 0.6 is 0 Å². The number of fused-ring (bicyclic) bond motifs is 7. The molecule has 51 heavy (non-hydrogen) atoms. The summed E-state index contributed by atoms with van der Waals surface area (Å²) in [5, 5.41) is 2.63. The Labute approximate surface area is 299 Å². The molecule has 1 aromatic heterocycles. The van der Waals surface area contributed by atoms with Crippen molar-refractivity contribution in [2.24, 2.45) is 17.8 Å². The van der Waals surface area contributed by atoms with E-state index < -0.39 is 0 Å². The Hall–Kier alpha value is -5.34. The number of allylic oxidation sites excluding steroid dienone is 14. The van der Waals surface area contributed by atoms with Gasteiger partial charge in [0, 0.05) is 56.7 Å². The second kappa shape index (κ2) is 10.4. The first kappa shape index (κ1) is 28.4. The molecule has 0 radical (unpaired) electrons. The smallest absolute Gasteiger partial charge is 0.0561 e. The van der Waals surface area contributed by atoms with Crippen LogP contribution in [0.4, 0.5) is 11.4 Å². The number of hydrogen-bond donors (Lipinski definition) is 0. The number of aromatic nitrogens is 1. The topological polar surface area (TPSA) is 8.17 Å². The maximum atomic E-state index is 2.67. The van der Waals surface area contributed by atoms with E-state index in [4.69, 9.17) is 0 Å². The normalized spacial score (nSPS) is 27.6. The monoisotopic (exact) mass is 656 g/mol. The Kier molecular flexibility index (Phi) is 5.76. The van der Waals surface area contributed by atoms with Crippen LogP contribution in [0.3, 0.4) is 0 Å². The molecule has 5 atom stereocenters. The minimum atomic E-state index is -0.0416. The lowest BCUT2D eigenvalue weighted by atomic mass is 9.62. The number of hydrogen-bond acceptors (Lipinski definition) is 1. The van der Waals surface area contributed by atoms with Gasteiger partial charge in [-0.2, -0.15) is 0 Å². The predicted molar refractivity (Wildman–Crippen MR) is 212 cm³/mol. The van der Waals surface area contributed by atoms with Gasteiger partial charge >= 0.3 is 0 Å². The van der Waals surface area contributed by atoms with E-state index in [0.29, 0.717) is 23.7 Å². The number of nitrogens with zero attached hydrogens (tertiary/aromatic N) is 2. The van der Waals surface area contributed by atoms with Crippen LogP contribution in [0.2, 0.25) is 0 Å². The Morgan fingerprint density at radius 2 is 1.59 bits per heavy atom. The molecule has 5 aromatic rings. The number of para-hydroxylation sites is 2. The van der Waals surface area contributed by atoms with E-state index >= 15 is 0 Å². The first-order chi connectivity index (χ1) is 25.3. The summed E-state index contributed by atoms with van der Waals surface area (Å²) in [6, 6.07) is 34.8. The fourth-order valence-electron chi connectivity index (χ4n) is 12.0. The Balaban J connectivity index is 1.12. The fraction of sp³-hybridized carbons (Fsp3) is 0.224. The van der Waals surface area contributed by atoms with Gasteiger partial charge in [0.25, 0.3) is 0 Å². The Morgan fingerprint density at radius 1 is 0.706 bits per heavy atom. The van der Waals surface area contributed by atoms with Crippen LogP contribution in [0.1, 0.15) is 61.1 Å². The summed E-state index contributed by atoms with van der Waals surface area (Å²) in [5.74, 6) is 1.81. The molecule has 1 saturated carbocycles. The van der Waals surface area contributed by atoms with Crippen LogP contribution in [0.15, 0.2) is 163 Å². The maximum Gasteiger partial charge on any atom is 0.0561 e. The highest BCUT2D eigenvalue weighted by atomic mass is 15.2. The van der Waals surface area contributed by atoms with Crippen molar-refractivity contribution in [3.63, 3.8) is 0 Å². The van der Waals surface area contributed by atoms with Crippen LogP contribution in [0, 0.1) is 17.8 Å². The van der Waals surface area contributed by atoms with Crippen molar-refractivity contribution in [1.82, 2.24) is 4.57 Å². The van der Waals surface area contributed by atoms with Gasteiger partial charge in [-0.3, -0.25) is 0 Å². The third kappa shape index (κ3) is 3.53. The van der Waals surface area contributed by atoms with Crippen LogP contribution < -0.4 is 4.90 Å². The molecule has 0 amide bonds. The number of anilines is 2. The van der Waals surface area contributed by atoms with Gasteiger partial charge in [-0.25, -0.2) is 0 Å². The number of benzene rings is 4. The van der Waals surface area contributed by atoms with Crippen molar-refractivity contribution < 1.29 is 0 Å². The van der Waals surface area contributed by atoms with Gasteiger partial charge in [-0.1, -0.05) is 115 Å². The van der Waals surface area contributed by atoms with Gasteiger partial charge < -0.3 is 9.47 Å². The predicted octanol–water partition coefficient (Wildman–Crippen LogP) is 12.3. The lowest BCUT2D eigenvalue weighted by Gasteiger charge is -2.45. The van der Waals surface area contributed by atoms with E-state index in [-0.39, 0.29) is 5.41 Å². The lowest BCUT2D eigenvalue weighted by Crippen LogP contribution is -2.42. The van der Waals surface area contributed by atoms with E-state index in [9.17, 15) is 0 Å². The Morgan fingerprint density at radius 3 is 2.51 bits per heavy atom. The number of rotatable bonds is 4. The molecule has 0 aliphatic heterocycles. The minimum Gasteiger partial charge on any atom is -0.314 e. The third-order valence-electron chi connectivity index (χ3n) is 13.5. The van der Waals surface area contributed by atoms with Gasteiger partial charge in [0.1, 0.15) is 0 Å².